The summed E-state index contributed by atoms with van der Waals surface area (Å²) < 4.78 is 10.8. The third-order valence-electron chi connectivity index (χ3n) is 4.09. The summed E-state index contributed by atoms with van der Waals surface area (Å²) in [6, 6.07) is 16.5. The van der Waals surface area contributed by atoms with E-state index in [9.17, 15) is 14.4 Å². The van der Waals surface area contributed by atoms with E-state index in [-0.39, 0.29) is 17.5 Å². The van der Waals surface area contributed by atoms with Gasteiger partial charge >= 0.3 is 5.97 Å². The summed E-state index contributed by atoms with van der Waals surface area (Å²) in [5.74, 6) is -0.929. The maximum atomic E-state index is 12.5. The van der Waals surface area contributed by atoms with Crippen molar-refractivity contribution in [3.05, 3.63) is 77.0 Å². The standard InChI is InChI=1S/C22H18ClNO5/c1-13(21(26)15-7-9-16(10-8-15)24-14(2)25)28-22(27)20-12-11-19(29-20)17-5-3-4-6-18(17)23/h3-13H,1-2H3,(H,24,25). The quantitative estimate of drug-likeness (QED) is 0.456. The lowest BCUT2D eigenvalue weighted by molar-refractivity contribution is -0.114. The van der Waals surface area contributed by atoms with Crippen LogP contribution in [-0.4, -0.2) is 23.8 Å². The second-order valence-corrected chi connectivity index (χ2v) is 6.72. The van der Waals surface area contributed by atoms with E-state index in [0.717, 1.165) is 0 Å². The van der Waals surface area contributed by atoms with Gasteiger partial charge in [0.15, 0.2) is 6.10 Å². The molecule has 29 heavy (non-hydrogen) atoms. The van der Waals surface area contributed by atoms with Gasteiger partial charge in [0.05, 0.1) is 5.02 Å². The molecule has 1 aromatic heterocycles. The number of furan rings is 1. The lowest BCUT2D eigenvalue weighted by atomic mass is 10.1. The number of hydrogen-bond donors (Lipinski definition) is 1. The van der Waals surface area contributed by atoms with Crippen molar-refractivity contribution >= 4 is 34.9 Å². The van der Waals surface area contributed by atoms with Crippen LogP contribution >= 0.6 is 11.6 Å². The molecule has 1 heterocycles. The third kappa shape index (κ3) is 4.92. The number of esters is 1. The molecule has 0 radical (unpaired) electrons. The van der Waals surface area contributed by atoms with E-state index in [2.05, 4.69) is 5.32 Å². The Kier molecular flexibility index (Phi) is 6.14. The van der Waals surface area contributed by atoms with Gasteiger partial charge in [0.1, 0.15) is 5.76 Å². The van der Waals surface area contributed by atoms with Crippen LogP contribution in [0, 0.1) is 0 Å². The van der Waals surface area contributed by atoms with Gasteiger partial charge in [0, 0.05) is 23.7 Å². The van der Waals surface area contributed by atoms with Crippen LogP contribution in [0.1, 0.15) is 34.8 Å². The summed E-state index contributed by atoms with van der Waals surface area (Å²) in [6.45, 7) is 2.88. The SMILES string of the molecule is CC(=O)Nc1ccc(C(=O)C(C)OC(=O)c2ccc(-c3ccccc3Cl)o2)cc1. The zero-order valence-corrected chi connectivity index (χ0v) is 16.5. The summed E-state index contributed by atoms with van der Waals surface area (Å²) in [4.78, 5) is 35.9. The lowest BCUT2D eigenvalue weighted by Gasteiger charge is -2.12. The van der Waals surface area contributed by atoms with Crippen LogP contribution in [0.15, 0.2) is 65.1 Å². The first-order chi connectivity index (χ1) is 13.8. The zero-order chi connectivity index (χ0) is 21.0. The molecule has 0 saturated heterocycles. The number of ketones is 1. The van der Waals surface area contributed by atoms with Crippen LogP contribution in [0.5, 0.6) is 0 Å². The fourth-order valence-corrected chi connectivity index (χ4v) is 2.91. The molecule has 148 valence electrons. The number of halogens is 1. The number of rotatable bonds is 6. The smallest absolute Gasteiger partial charge is 0.374 e. The van der Waals surface area contributed by atoms with Crippen molar-refractivity contribution in [3.8, 4) is 11.3 Å². The highest BCUT2D eigenvalue weighted by Crippen LogP contribution is 2.29. The summed E-state index contributed by atoms with van der Waals surface area (Å²) in [7, 11) is 0. The molecule has 7 heteroatoms. The molecule has 6 nitrogen and oxygen atoms in total. The minimum absolute atomic E-state index is 0.0272. The Morgan fingerprint density at radius 2 is 1.69 bits per heavy atom. The molecule has 0 saturated carbocycles. The highest BCUT2D eigenvalue weighted by Gasteiger charge is 2.23. The predicted molar refractivity (Wildman–Crippen MR) is 109 cm³/mol. The Balaban J connectivity index is 1.67. The Bertz CT molecular complexity index is 1060. The molecule has 1 amide bonds. The van der Waals surface area contributed by atoms with Crippen molar-refractivity contribution in [2.75, 3.05) is 5.32 Å². The molecule has 0 bridgehead atoms. The molecule has 1 N–H and O–H groups in total. The van der Waals surface area contributed by atoms with Crippen molar-refractivity contribution in [1.82, 2.24) is 0 Å². The number of Topliss-reactive ketones (excluding diaryl/α,β-unsaturated/α-hetero) is 1. The van der Waals surface area contributed by atoms with E-state index in [0.29, 0.717) is 27.6 Å². The number of ether oxygens (including phenoxy) is 1. The van der Waals surface area contributed by atoms with Crippen LogP contribution < -0.4 is 5.32 Å². The zero-order valence-electron chi connectivity index (χ0n) is 15.8. The molecule has 0 fully saturated rings. The number of nitrogens with one attached hydrogen (secondary N) is 1. The number of amides is 1. The molecule has 1 atom stereocenters. The summed E-state index contributed by atoms with van der Waals surface area (Å²) in [6.07, 6.45) is -1.01. The number of hydrogen-bond acceptors (Lipinski definition) is 5. The fraction of sp³-hybridized carbons (Fsp3) is 0.136. The average molecular weight is 412 g/mol. The van der Waals surface area contributed by atoms with Gasteiger partial charge in [-0.05, 0) is 55.5 Å². The first-order valence-corrected chi connectivity index (χ1v) is 9.20. The number of carbonyl (C=O) groups excluding carboxylic acids is 3. The average Bonchev–Trinajstić information content (AvgIpc) is 3.18. The molecule has 2 aromatic carbocycles. The first-order valence-electron chi connectivity index (χ1n) is 8.82. The Hall–Kier alpha value is -3.38. The number of benzene rings is 2. The molecule has 1 unspecified atom stereocenters. The van der Waals surface area contributed by atoms with Crippen LogP contribution in [-0.2, 0) is 9.53 Å². The van der Waals surface area contributed by atoms with Gasteiger partial charge in [-0.2, -0.15) is 0 Å². The number of anilines is 1. The van der Waals surface area contributed by atoms with Gasteiger partial charge in [-0.1, -0.05) is 23.7 Å². The molecule has 0 spiro atoms. The van der Waals surface area contributed by atoms with Gasteiger partial charge in [-0.3, -0.25) is 9.59 Å². The van der Waals surface area contributed by atoms with Crippen molar-refractivity contribution in [3.63, 3.8) is 0 Å². The largest absolute Gasteiger partial charge is 0.449 e. The van der Waals surface area contributed by atoms with Gasteiger partial charge in [0.25, 0.3) is 0 Å². The van der Waals surface area contributed by atoms with Gasteiger partial charge in [0.2, 0.25) is 17.5 Å². The molecule has 3 aromatic rings. The van der Waals surface area contributed by atoms with Crippen LogP contribution in [0.4, 0.5) is 5.69 Å². The highest BCUT2D eigenvalue weighted by molar-refractivity contribution is 6.33. The summed E-state index contributed by atoms with van der Waals surface area (Å²) >= 11 is 6.14. The third-order valence-corrected chi connectivity index (χ3v) is 4.42. The highest BCUT2D eigenvalue weighted by atomic mass is 35.5. The molecule has 3 rings (SSSR count). The maximum Gasteiger partial charge on any atom is 0.374 e. The van der Waals surface area contributed by atoms with Crippen molar-refractivity contribution < 1.29 is 23.5 Å². The molecular formula is C22H18ClNO5. The van der Waals surface area contributed by atoms with Crippen LogP contribution in [0.3, 0.4) is 0 Å². The van der Waals surface area contributed by atoms with E-state index in [1.165, 1.54) is 19.9 Å². The monoisotopic (exact) mass is 411 g/mol. The Morgan fingerprint density at radius 3 is 2.34 bits per heavy atom. The molecule has 0 aliphatic heterocycles. The second-order valence-electron chi connectivity index (χ2n) is 6.31. The van der Waals surface area contributed by atoms with Gasteiger partial charge < -0.3 is 14.5 Å². The number of carbonyl (C=O) groups is 3. The molecule has 0 aliphatic carbocycles. The summed E-state index contributed by atoms with van der Waals surface area (Å²) in [5, 5.41) is 3.11. The lowest BCUT2D eigenvalue weighted by Crippen LogP contribution is -2.24. The van der Waals surface area contributed by atoms with Gasteiger partial charge in [-0.25, -0.2) is 4.79 Å². The predicted octanol–water partition coefficient (Wildman–Crippen LogP) is 4.99. The minimum atomic E-state index is -1.01. The topological polar surface area (TPSA) is 85.6 Å². The van der Waals surface area contributed by atoms with E-state index >= 15 is 0 Å². The first kappa shape index (κ1) is 20.4. The summed E-state index contributed by atoms with van der Waals surface area (Å²) in [5.41, 5.74) is 1.58. The normalized spacial score (nSPS) is 11.6. The fourth-order valence-electron chi connectivity index (χ4n) is 2.68. The van der Waals surface area contributed by atoms with Crippen LogP contribution in [0.2, 0.25) is 5.02 Å². The second kappa shape index (κ2) is 8.75. The van der Waals surface area contributed by atoms with Gasteiger partial charge in [-0.15, -0.1) is 0 Å². The van der Waals surface area contributed by atoms with E-state index in [4.69, 9.17) is 20.8 Å². The van der Waals surface area contributed by atoms with E-state index < -0.39 is 12.1 Å². The Labute approximate surface area is 172 Å². The minimum Gasteiger partial charge on any atom is -0.449 e. The van der Waals surface area contributed by atoms with E-state index in [1.54, 1.807) is 54.6 Å². The van der Waals surface area contributed by atoms with Crippen molar-refractivity contribution in [2.45, 2.75) is 20.0 Å². The van der Waals surface area contributed by atoms with E-state index in [1.807, 2.05) is 0 Å². The molecule has 0 aliphatic rings. The van der Waals surface area contributed by atoms with Crippen molar-refractivity contribution in [1.29, 1.82) is 0 Å². The molecular weight excluding hydrogens is 394 g/mol. The maximum absolute atomic E-state index is 12.5. The Morgan fingerprint density at radius 1 is 1.00 bits per heavy atom. The van der Waals surface area contributed by atoms with Crippen LogP contribution in [0.25, 0.3) is 11.3 Å². The van der Waals surface area contributed by atoms with Crippen molar-refractivity contribution in [2.24, 2.45) is 0 Å².